The maximum Gasteiger partial charge on any atom is 0.335 e. The average molecular weight is 252 g/mol. The van der Waals surface area contributed by atoms with E-state index in [1.165, 1.54) is 18.5 Å². The molecule has 0 N–H and O–H groups in total. The maximum absolute atomic E-state index is 13.7. The molecule has 4 nitrogen and oxygen atoms in total. The summed E-state index contributed by atoms with van der Waals surface area (Å²) in [6, 6.07) is 5.09. The van der Waals surface area contributed by atoms with Crippen molar-refractivity contribution in [1.82, 2.24) is 4.90 Å². The van der Waals surface area contributed by atoms with Gasteiger partial charge in [-0.05, 0) is 13.0 Å². The number of benzene rings is 1. The maximum atomic E-state index is 13.7. The van der Waals surface area contributed by atoms with Gasteiger partial charge in [0.2, 0.25) is 0 Å². The Kier molecular flexibility index (Phi) is 5.30. The van der Waals surface area contributed by atoms with Crippen LogP contribution in [-0.4, -0.2) is 37.9 Å². The lowest BCUT2D eigenvalue weighted by molar-refractivity contribution is -0.144. The monoisotopic (exact) mass is 252 g/mol. The zero-order chi connectivity index (χ0) is 13.5. The molecular formula is C13H17FN2O2. The van der Waals surface area contributed by atoms with E-state index < -0.39 is 17.8 Å². The summed E-state index contributed by atoms with van der Waals surface area (Å²) in [5.41, 5.74) is 0.217. The summed E-state index contributed by atoms with van der Waals surface area (Å²) in [5.74, 6) is -1.02. The smallest absolute Gasteiger partial charge is 0.335 e. The summed E-state index contributed by atoms with van der Waals surface area (Å²) in [7, 11) is 3.54. The second kappa shape index (κ2) is 6.74. The normalized spacial score (nSPS) is 12.4. The van der Waals surface area contributed by atoms with Crippen molar-refractivity contribution >= 4 is 12.3 Å². The van der Waals surface area contributed by atoms with Crippen LogP contribution in [0.25, 0.3) is 0 Å². The molecule has 1 aromatic rings. The van der Waals surface area contributed by atoms with Gasteiger partial charge in [0, 0.05) is 19.7 Å². The van der Waals surface area contributed by atoms with Gasteiger partial charge >= 0.3 is 5.97 Å². The Morgan fingerprint density at radius 2 is 2.17 bits per heavy atom. The molecule has 0 fully saturated rings. The van der Waals surface area contributed by atoms with Gasteiger partial charge in [-0.2, -0.15) is 0 Å². The van der Waals surface area contributed by atoms with Crippen LogP contribution < -0.4 is 0 Å². The lowest BCUT2D eigenvalue weighted by atomic mass is 10.1. The summed E-state index contributed by atoms with van der Waals surface area (Å²) in [5, 5.41) is 0. The Hall–Kier alpha value is -1.91. The van der Waals surface area contributed by atoms with Crippen LogP contribution in [-0.2, 0) is 9.53 Å². The minimum Gasteiger partial charge on any atom is -0.464 e. The number of hydrogen-bond donors (Lipinski definition) is 0. The second-order valence-electron chi connectivity index (χ2n) is 3.90. The Morgan fingerprint density at radius 3 is 2.72 bits per heavy atom. The fourth-order valence-electron chi connectivity index (χ4n) is 1.39. The molecule has 0 radical (unpaired) electrons. The summed E-state index contributed by atoms with van der Waals surface area (Å²) in [6.07, 6.45) is 1.47. The number of carbonyl (C=O) groups is 1. The van der Waals surface area contributed by atoms with Crippen LogP contribution in [0.4, 0.5) is 4.39 Å². The van der Waals surface area contributed by atoms with E-state index in [1.54, 1.807) is 38.1 Å². The van der Waals surface area contributed by atoms with E-state index in [0.29, 0.717) is 0 Å². The highest BCUT2D eigenvalue weighted by molar-refractivity contribution is 5.79. The van der Waals surface area contributed by atoms with E-state index in [2.05, 4.69) is 4.99 Å². The molecule has 0 saturated carbocycles. The first-order valence-corrected chi connectivity index (χ1v) is 5.67. The topological polar surface area (TPSA) is 41.9 Å². The molecule has 0 aliphatic heterocycles. The molecule has 0 saturated heterocycles. The van der Waals surface area contributed by atoms with Crippen LogP contribution in [0.1, 0.15) is 18.5 Å². The van der Waals surface area contributed by atoms with E-state index in [0.717, 1.165) is 0 Å². The van der Waals surface area contributed by atoms with Crippen molar-refractivity contribution < 1.29 is 13.9 Å². The minimum atomic E-state index is -0.964. The Bertz CT molecular complexity index is 433. The molecule has 1 aromatic carbocycles. The van der Waals surface area contributed by atoms with Gasteiger partial charge in [-0.15, -0.1) is 0 Å². The van der Waals surface area contributed by atoms with Crippen LogP contribution in [0.2, 0.25) is 0 Å². The average Bonchev–Trinajstić information content (AvgIpc) is 2.31. The molecule has 1 rings (SSSR count). The van der Waals surface area contributed by atoms with Crippen molar-refractivity contribution in [3.8, 4) is 0 Å². The Morgan fingerprint density at radius 1 is 1.50 bits per heavy atom. The highest BCUT2D eigenvalue weighted by Crippen LogP contribution is 2.21. The van der Waals surface area contributed by atoms with Crippen molar-refractivity contribution in [2.24, 2.45) is 4.99 Å². The first-order chi connectivity index (χ1) is 8.56. The molecule has 1 atom stereocenters. The molecule has 0 spiro atoms. The number of halogens is 1. The Balaban J connectivity index is 3.04. The third kappa shape index (κ3) is 3.84. The lowest BCUT2D eigenvalue weighted by Crippen LogP contribution is -2.18. The molecular weight excluding hydrogens is 235 g/mol. The van der Waals surface area contributed by atoms with Crippen molar-refractivity contribution in [2.75, 3.05) is 20.7 Å². The lowest BCUT2D eigenvalue weighted by Gasteiger charge is -2.13. The first kappa shape index (κ1) is 14.2. The number of nitrogens with zero attached hydrogens (tertiary/aromatic N) is 2. The van der Waals surface area contributed by atoms with Gasteiger partial charge < -0.3 is 9.64 Å². The van der Waals surface area contributed by atoms with Gasteiger partial charge in [-0.25, -0.2) is 9.18 Å². The molecule has 1 unspecified atom stereocenters. The summed E-state index contributed by atoms with van der Waals surface area (Å²) < 4.78 is 18.6. The van der Waals surface area contributed by atoms with Crippen LogP contribution in [0, 0.1) is 5.82 Å². The number of ether oxygens (including phenoxy) is 1. The van der Waals surface area contributed by atoms with E-state index >= 15 is 0 Å². The van der Waals surface area contributed by atoms with Gasteiger partial charge in [-0.1, -0.05) is 18.2 Å². The fourth-order valence-corrected chi connectivity index (χ4v) is 1.39. The van der Waals surface area contributed by atoms with E-state index in [1.807, 2.05) is 0 Å². The zero-order valence-corrected chi connectivity index (χ0v) is 10.8. The molecule has 0 heterocycles. The van der Waals surface area contributed by atoms with Crippen LogP contribution in [0.5, 0.6) is 0 Å². The van der Waals surface area contributed by atoms with E-state index in [4.69, 9.17) is 4.74 Å². The van der Waals surface area contributed by atoms with Crippen molar-refractivity contribution in [3.05, 3.63) is 35.6 Å². The highest BCUT2D eigenvalue weighted by atomic mass is 19.1. The van der Waals surface area contributed by atoms with Gasteiger partial charge in [-0.3, -0.25) is 4.99 Å². The van der Waals surface area contributed by atoms with Crippen LogP contribution in [0.15, 0.2) is 29.3 Å². The molecule has 0 aliphatic rings. The van der Waals surface area contributed by atoms with Gasteiger partial charge in [0.15, 0.2) is 6.04 Å². The summed E-state index contributed by atoms with van der Waals surface area (Å²) >= 11 is 0. The van der Waals surface area contributed by atoms with Gasteiger partial charge in [0.05, 0.1) is 12.9 Å². The van der Waals surface area contributed by atoms with E-state index in [-0.39, 0.29) is 12.2 Å². The number of aliphatic imine (C=N–C) groups is 1. The largest absolute Gasteiger partial charge is 0.464 e. The van der Waals surface area contributed by atoms with Crippen molar-refractivity contribution in [3.63, 3.8) is 0 Å². The molecule has 98 valence electrons. The number of rotatable bonds is 5. The molecule has 18 heavy (non-hydrogen) atoms. The quantitative estimate of drug-likeness (QED) is 0.457. The third-order valence-electron chi connectivity index (χ3n) is 2.16. The zero-order valence-electron chi connectivity index (χ0n) is 10.8. The van der Waals surface area contributed by atoms with Crippen molar-refractivity contribution in [1.29, 1.82) is 0 Å². The minimum absolute atomic E-state index is 0.217. The van der Waals surface area contributed by atoms with Gasteiger partial charge in [0.1, 0.15) is 5.82 Å². The molecule has 0 aliphatic carbocycles. The highest BCUT2D eigenvalue weighted by Gasteiger charge is 2.23. The Labute approximate surface area is 106 Å². The summed E-state index contributed by atoms with van der Waals surface area (Å²) in [6.45, 7) is 1.94. The first-order valence-electron chi connectivity index (χ1n) is 5.67. The SMILES string of the molecule is CCOC(=O)C(N=CN(C)C)c1ccccc1F. The summed E-state index contributed by atoms with van der Waals surface area (Å²) in [4.78, 5) is 17.5. The number of hydrogen-bond acceptors (Lipinski definition) is 3. The molecule has 5 heteroatoms. The van der Waals surface area contributed by atoms with Gasteiger partial charge in [0.25, 0.3) is 0 Å². The molecule has 0 amide bonds. The third-order valence-corrected chi connectivity index (χ3v) is 2.16. The molecule has 0 aromatic heterocycles. The standard InChI is InChI=1S/C13H17FN2O2/c1-4-18-13(17)12(15-9-16(2)3)10-7-5-6-8-11(10)14/h5-9,12H,4H2,1-3H3. The van der Waals surface area contributed by atoms with Crippen molar-refractivity contribution in [2.45, 2.75) is 13.0 Å². The van der Waals surface area contributed by atoms with Crippen LogP contribution >= 0.6 is 0 Å². The second-order valence-corrected chi connectivity index (χ2v) is 3.90. The predicted octanol–water partition coefficient (Wildman–Crippen LogP) is 2.02. The van der Waals surface area contributed by atoms with E-state index in [9.17, 15) is 9.18 Å². The predicted molar refractivity (Wildman–Crippen MR) is 68.0 cm³/mol. The van der Waals surface area contributed by atoms with Crippen LogP contribution in [0.3, 0.4) is 0 Å². The number of esters is 1. The molecule has 0 bridgehead atoms. The number of carbonyl (C=O) groups excluding carboxylic acids is 1. The fraction of sp³-hybridized carbons (Fsp3) is 0.385.